The Balaban J connectivity index is 1.84. The van der Waals surface area contributed by atoms with E-state index in [1.165, 1.54) is 38.6 Å². The molecule has 0 bridgehead atoms. The highest BCUT2D eigenvalue weighted by Crippen LogP contribution is 2.41. The lowest BCUT2D eigenvalue weighted by Gasteiger charge is -2.22. The smallest absolute Gasteiger partial charge is 0.0799 e. The van der Waals surface area contributed by atoms with E-state index >= 15 is 0 Å². The Morgan fingerprint density at radius 1 is 0.926 bits per heavy atom. The van der Waals surface area contributed by atoms with E-state index < -0.39 is 8.07 Å². The molecule has 2 aromatic carbocycles. The van der Waals surface area contributed by atoms with Gasteiger partial charge in [-0.2, -0.15) is 0 Å². The van der Waals surface area contributed by atoms with Crippen LogP contribution in [-0.4, -0.2) is 13.1 Å². The van der Waals surface area contributed by atoms with Crippen LogP contribution in [0.5, 0.6) is 0 Å². The van der Waals surface area contributed by atoms with Gasteiger partial charge in [-0.05, 0) is 57.8 Å². The molecule has 0 aliphatic heterocycles. The van der Waals surface area contributed by atoms with Gasteiger partial charge in [0.05, 0.1) is 13.8 Å². The third-order valence-corrected chi connectivity index (χ3v) is 7.62. The zero-order chi connectivity index (χ0) is 19.2. The maximum atomic E-state index is 4.96. The van der Waals surface area contributed by atoms with Crippen molar-refractivity contribution in [2.75, 3.05) is 0 Å². The summed E-state index contributed by atoms with van der Waals surface area (Å²) in [5, 5.41) is 1.51. The van der Waals surface area contributed by atoms with E-state index in [-0.39, 0.29) is 0 Å². The third kappa shape index (κ3) is 3.39. The largest absolute Gasteiger partial charge is 0.256 e. The maximum Gasteiger partial charge on any atom is 0.0799 e. The first-order valence-electron chi connectivity index (χ1n) is 10.0. The van der Waals surface area contributed by atoms with Crippen molar-refractivity contribution in [2.24, 2.45) is 5.92 Å². The van der Waals surface area contributed by atoms with Gasteiger partial charge in [-0.15, -0.1) is 0 Å². The van der Waals surface area contributed by atoms with Crippen molar-refractivity contribution in [3.05, 3.63) is 71.4 Å². The first kappa shape index (κ1) is 18.2. The molecule has 2 heteroatoms. The topological polar surface area (TPSA) is 12.9 Å². The molecule has 1 aromatic heterocycles. The summed E-state index contributed by atoms with van der Waals surface area (Å²) in [5.74, 6) is 0.654. The van der Waals surface area contributed by atoms with Gasteiger partial charge in [0, 0.05) is 11.8 Å². The van der Waals surface area contributed by atoms with Crippen LogP contribution in [0.2, 0.25) is 19.6 Å². The fourth-order valence-electron chi connectivity index (χ4n) is 4.33. The van der Waals surface area contributed by atoms with Crippen LogP contribution in [0.15, 0.2) is 54.7 Å². The van der Waals surface area contributed by atoms with Crippen LogP contribution in [0, 0.1) is 5.92 Å². The average molecular weight is 372 g/mol. The lowest BCUT2D eigenvalue weighted by Crippen LogP contribution is -2.40. The molecule has 1 aliphatic rings. The molecule has 0 unspecified atom stereocenters. The molecule has 0 N–H and O–H groups in total. The molecule has 138 valence electrons. The van der Waals surface area contributed by atoms with Crippen LogP contribution in [0.25, 0.3) is 22.4 Å². The molecule has 4 rings (SSSR count). The summed E-state index contributed by atoms with van der Waals surface area (Å²) in [6, 6.07) is 17.9. The fourth-order valence-corrected chi connectivity index (χ4v) is 5.92. The number of hydrogen-bond donors (Lipinski definition) is 0. The van der Waals surface area contributed by atoms with Crippen LogP contribution >= 0.6 is 0 Å². The first-order valence-corrected chi connectivity index (χ1v) is 13.5. The number of hydrogen-bond acceptors (Lipinski definition) is 1. The standard InChI is InChI=1S/C25H29NSi/c1-17(2)13-19-15-24(26-16-25(19)27(3,4)5)22-12-8-11-21-20-10-7-6-9-18(20)14-23(21)22/h6-12,15-17H,13-14H2,1-5H3. The van der Waals surface area contributed by atoms with Gasteiger partial charge >= 0.3 is 0 Å². The van der Waals surface area contributed by atoms with Crippen molar-refractivity contribution >= 4 is 13.3 Å². The molecule has 0 spiro atoms. The van der Waals surface area contributed by atoms with Gasteiger partial charge < -0.3 is 0 Å². The van der Waals surface area contributed by atoms with Gasteiger partial charge in [0.2, 0.25) is 0 Å². The van der Waals surface area contributed by atoms with Crippen LogP contribution in [0.4, 0.5) is 0 Å². The van der Waals surface area contributed by atoms with Crippen molar-refractivity contribution in [2.45, 2.75) is 46.3 Å². The Morgan fingerprint density at radius 2 is 1.63 bits per heavy atom. The fraction of sp³-hybridized carbons (Fsp3) is 0.320. The van der Waals surface area contributed by atoms with E-state index in [1.54, 1.807) is 0 Å². The molecule has 0 saturated heterocycles. The van der Waals surface area contributed by atoms with Gasteiger partial charge in [-0.1, -0.05) is 76.0 Å². The highest BCUT2D eigenvalue weighted by atomic mass is 28.3. The van der Waals surface area contributed by atoms with Crippen LogP contribution in [-0.2, 0) is 12.8 Å². The first-order chi connectivity index (χ1) is 12.8. The molecule has 0 amide bonds. The second-order valence-corrected chi connectivity index (χ2v) is 14.3. The molecule has 1 aliphatic carbocycles. The number of aromatic nitrogens is 1. The number of nitrogens with zero attached hydrogens (tertiary/aromatic N) is 1. The predicted molar refractivity (Wildman–Crippen MR) is 119 cm³/mol. The molecule has 1 heterocycles. The molecule has 0 radical (unpaired) electrons. The number of benzene rings is 2. The molecule has 0 saturated carbocycles. The van der Waals surface area contributed by atoms with E-state index in [2.05, 4.69) is 88.2 Å². The van der Waals surface area contributed by atoms with Crippen molar-refractivity contribution in [1.82, 2.24) is 4.98 Å². The van der Waals surface area contributed by atoms with Crippen LogP contribution in [0.3, 0.4) is 0 Å². The summed E-state index contributed by atoms with van der Waals surface area (Å²) >= 11 is 0. The van der Waals surface area contributed by atoms with Gasteiger partial charge in [-0.25, -0.2) is 0 Å². The highest BCUT2D eigenvalue weighted by Gasteiger charge is 2.24. The predicted octanol–water partition coefficient (Wildman–Crippen LogP) is 6.06. The van der Waals surface area contributed by atoms with E-state index in [0.717, 1.165) is 18.5 Å². The summed E-state index contributed by atoms with van der Waals surface area (Å²) in [4.78, 5) is 4.96. The van der Waals surface area contributed by atoms with Gasteiger partial charge in [-0.3, -0.25) is 4.98 Å². The number of pyridine rings is 1. The zero-order valence-corrected chi connectivity index (χ0v) is 18.1. The molecule has 0 atom stereocenters. The number of rotatable bonds is 4. The Bertz CT molecular complexity index is 995. The maximum absolute atomic E-state index is 4.96. The van der Waals surface area contributed by atoms with Crippen molar-refractivity contribution in [3.8, 4) is 22.4 Å². The minimum absolute atomic E-state index is 0.654. The van der Waals surface area contributed by atoms with E-state index in [9.17, 15) is 0 Å². The molecule has 27 heavy (non-hydrogen) atoms. The quantitative estimate of drug-likeness (QED) is 0.397. The molecule has 3 aromatic rings. The van der Waals surface area contributed by atoms with Crippen LogP contribution in [0.1, 0.15) is 30.5 Å². The van der Waals surface area contributed by atoms with Gasteiger partial charge in [0.15, 0.2) is 0 Å². The average Bonchev–Trinajstić information content (AvgIpc) is 2.99. The Hall–Kier alpha value is -2.19. The lowest BCUT2D eigenvalue weighted by atomic mass is 9.96. The normalized spacial score (nSPS) is 13.0. The minimum Gasteiger partial charge on any atom is -0.256 e. The summed E-state index contributed by atoms with van der Waals surface area (Å²) in [5.41, 5.74) is 9.57. The SMILES string of the molecule is CC(C)Cc1cc(-c2cccc3c2Cc2ccccc2-3)ncc1[Si](C)(C)C. The van der Waals surface area contributed by atoms with Gasteiger partial charge in [0.25, 0.3) is 0 Å². The summed E-state index contributed by atoms with van der Waals surface area (Å²) in [6.45, 7) is 11.9. The second-order valence-electron chi connectivity index (χ2n) is 9.24. The zero-order valence-electron chi connectivity index (χ0n) is 17.1. The molecular weight excluding hydrogens is 342 g/mol. The molecule has 0 fully saturated rings. The summed E-state index contributed by atoms with van der Waals surface area (Å²) in [6.07, 6.45) is 4.32. The van der Waals surface area contributed by atoms with Crippen molar-refractivity contribution in [1.29, 1.82) is 0 Å². The summed E-state index contributed by atoms with van der Waals surface area (Å²) < 4.78 is 0. The number of fused-ring (bicyclic) bond motifs is 3. The van der Waals surface area contributed by atoms with Crippen molar-refractivity contribution in [3.63, 3.8) is 0 Å². The Labute approximate surface area is 164 Å². The second kappa shape index (κ2) is 6.76. The molecule has 1 nitrogen and oxygen atoms in total. The Kier molecular flexibility index (Phi) is 4.55. The van der Waals surface area contributed by atoms with E-state index in [4.69, 9.17) is 4.98 Å². The molecular formula is C25H29NSi. The van der Waals surface area contributed by atoms with E-state index in [1.807, 2.05) is 0 Å². The lowest BCUT2D eigenvalue weighted by molar-refractivity contribution is 0.649. The van der Waals surface area contributed by atoms with E-state index in [0.29, 0.717) is 5.92 Å². The van der Waals surface area contributed by atoms with Crippen molar-refractivity contribution < 1.29 is 0 Å². The summed E-state index contributed by atoms with van der Waals surface area (Å²) in [7, 11) is -1.40. The third-order valence-electron chi connectivity index (χ3n) is 5.55. The van der Waals surface area contributed by atoms with Gasteiger partial charge in [0.1, 0.15) is 0 Å². The highest BCUT2D eigenvalue weighted by molar-refractivity contribution is 6.89. The minimum atomic E-state index is -1.40. The van der Waals surface area contributed by atoms with Crippen LogP contribution < -0.4 is 5.19 Å². The monoisotopic (exact) mass is 371 g/mol. The Morgan fingerprint density at radius 3 is 2.37 bits per heavy atom.